The van der Waals surface area contributed by atoms with Crippen LogP contribution in [0, 0.1) is 6.57 Å². The molecule has 0 amide bonds. The summed E-state index contributed by atoms with van der Waals surface area (Å²) in [6.07, 6.45) is 1.62. The SMILES string of the molecule is [C-]#[N+]C(CCC)(CCOCc1ccccc1)C(=O)OC. The fourth-order valence-corrected chi connectivity index (χ4v) is 2.10. The van der Waals surface area contributed by atoms with Gasteiger partial charge in [0.15, 0.2) is 0 Å². The smallest absolute Gasteiger partial charge is 0.393 e. The first-order chi connectivity index (χ1) is 9.68. The van der Waals surface area contributed by atoms with E-state index in [1.807, 2.05) is 37.3 Å². The molecule has 0 aliphatic rings. The van der Waals surface area contributed by atoms with Crippen molar-refractivity contribution in [2.24, 2.45) is 0 Å². The van der Waals surface area contributed by atoms with Gasteiger partial charge in [0.1, 0.15) is 0 Å². The van der Waals surface area contributed by atoms with Gasteiger partial charge < -0.3 is 9.47 Å². The van der Waals surface area contributed by atoms with Crippen molar-refractivity contribution < 1.29 is 14.3 Å². The average Bonchev–Trinajstić information content (AvgIpc) is 2.50. The Balaban J connectivity index is 2.51. The molecule has 1 aromatic rings. The molecule has 0 spiro atoms. The molecule has 20 heavy (non-hydrogen) atoms. The molecule has 0 aliphatic carbocycles. The van der Waals surface area contributed by atoms with E-state index in [4.69, 9.17) is 16.0 Å². The number of carbonyl (C=O) groups excluding carboxylic acids is 1. The largest absolute Gasteiger partial charge is 0.463 e. The number of methoxy groups -OCH3 is 1. The molecule has 108 valence electrons. The van der Waals surface area contributed by atoms with Gasteiger partial charge >= 0.3 is 11.5 Å². The predicted octanol–water partition coefficient (Wildman–Crippen LogP) is 3.22. The van der Waals surface area contributed by atoms with Crippen LogP contribution in [0.15, 0.2) is 30.3 Å². The van der Waals surface area contributed by atoms with Gasteiger partial charge in [0.2, 0.25) is 0 Å². The van der Waals surface area contributed by atoms with Gasteiger partial charge in [-0.1, -0.05) is 37.3 Å². The summed E-state index contributed by atoms with van der Waals surface area (Å²) in [6.45, 7) is 10.1. The van der Waals surface area contributed by atoms with Crippen molar-refractivity contribution in [3.8, 4) is 0 Å². The average molecular weight is 275 g/mol. The number of hydrogen-bond acceptors (Lipinski definition) is 3. The highest BCUT2D eigenvalue weighted by molar-refractivity contribution is 5.82. The summed E-state index contributed by atoms with van der Waals surface area (Å²) >= 11 is 0. The number of esters is 1. The van der Waals surface area contributed by atoms with Crippen LogP contribution in [0.1, 0.15) is 31.7 Å². The maximum Gasteiger partial charge on any atom is 0.393 e. The number of nitrogens with zero attached hydrogens (tertiary/aromatic N) is 1. The van der Waals surface area contributed by atoms with Crippen molar-refractivity contribution in [2.45, 2.75) is 38.3 Å². The van der Waals surface area contributed by atoms with Crippen LogP contribution in [0.5, 0.6) is 0 Å². The van der Waals surface area contributed by atoms with E-state index >= 15 is 0 Å². The second-order valence-electron chi connectivity index (χ2n) is 4.67. The highest BCUT2D eigenvalue weighted by Crippen LogP contribution is 2.25. The molecular weight excluding hydrogens is 254 g/mol. The molecule has 0 saturated heterocycles. The van der Waals surface area contributed by atoms with Crippen LogP contribution in [-0.4, -0.2) is 25.2 Å². The highest BCUT2D eigenvalue weighted by atomic mass is 16.5. The zero-order valence-corrected chi connectivity index (χ0v) is 12.1. The molecule has 4 nitrogen and oxygen atoms in total. The first-order valence-corrected chi connectivity index (χ1v) is 6.77. The Kier molecular flexibility index (Phi) is 6.75. The Morgan fingerprint density at radius 1 is 1.30 bits per heavy atom. The number of ether oxygens (including phenoxy) is 2. The van der Waals surface area contributed by atoms with E-state index < -0.39 is 11.5 Å². The zero-order chi connectivity index (χ0) is 14.8. The maximum atomic E-state index is 11.8. The molecule has 0 heterocycles. The summed E-state index contributed by atoms with van der Waals surface area (Å²) in [7, 11) is 1.32. The molecule has 1 aromatic carbocycles. The lowest BCUT2D eigenvalue weighted by Crippen LogP contribution is -2.37. The second-order valence-corrected chi connectivity index (χ2v) is 4.67. The van der Waals surface area contributed by atoms with Gasteiger partial charge in [-0.2, -0.15) is 0 Å². The van der Waals surface area contributed by atoms with Crippen molar-refractivity contribution in [3.63, 3.8) is 0 Å². The van der Waals surface area contributed by atoms with E-state index in [1.54, 1.807) is 0 Å². The summed E-state index contributed by atoms with van der Waals surface area (Å²) in [4.78, 5) is 15.3. The summed E-state index contributed by atoms with van der Waals surface area (Å²) in [5, 5.41) is 0. The first-order valence-electron chi connectivity index (χ1n) is 6.77. The topological polar surface area (TPSA) is 39.9 Å². The minimum atomic E-state index is -1.10. The first kappa shape index (κ1) is 16.2. The Bertz CT molecular complexity index is 453. The molecule has 1 atom stereocenters. The third kappa shape index (κ3) is 4.36. The van der Waals surface area contributed by atoms with Gasteiger partial charge in [0, 0.05) is 6.42 Å². The van der Waals surface area contributed by atoms with Crippen LogP contribution in [0.25, 0.3) is 4.85 Å². The van der Waals surface area contributed by atoms with Gasteiger partial charge in [-0.3, -0.25) is 4.85 Å². The third-order valence-corrected chi connectivity index (χ3v) is 3.21. The van der Waals surface area contributed by atoms with Crippen LogP contribution < -0.4 is 0 Å². The Labute approximate surface area is 120 Å². The van der Waals surface area contributed by atoms with Gasteiger partial charge in [-0.25, -0.2) is 11.4 Å². The van der Waals surface area contributed by atoms with Crippen molar-refractivity contribution in [2.75, 3.05) is 13.7 Å². The molecule has 0 aliphatic heterocycles. The zero-order valence-electron chi connectivity index (χ0n) is 12.1. The molecule has 1 unspecified atom stereocenters. The summed E-state index contributed by atoms with van der Waals surface area (Å²) in [5.41, 5.74) is -0.0188. The molecular formula is C16H21NO3. The monoisotopic (exact) mass is 275 g/mol. The molecule has 0 radical (unpaired) electrons. The molecule has 0 aromatic heterocycles. The lowest BCUT2D eigenvalue weighted by Gasteiger charge is -2.18. The van der Waals surface area contributed by atoms with Gasteiger partial charge in [-0.15, -0.1) is 0 Å². The standard InChI is InChI=1S/C16H21NO3/c1-4-10-16(17-2,15(18)19-3)11-12-20-13-14-8-6-5-7-9-14/h5-9H,4,10-13H2,1,3H3. The van der Waals surface area contributed by atoms with Crippen LogP contribution in [-0.2, 0) is 20.9 Å². The van der Waals surface area contributed by atoms with Crippen molar-refractivity contribution in [1.82, 2.24) is 0 Å². The summed E-state index contributed by atoms with van der Waals surface area (Å²) < 4.78 is 10.3. The van der Waals surface area contributed by atoms with Gasteiger partial charge in [0.05, 0.1) is 26.7 Å². The summed E-state index contributed by atoms with van der Waals surface area (Å²) in [5.74, 6) is -0.460. The van der Waals surface area contributed by atoms with Gasteiger partial charge in [0.25, 0.3) is 0 Å². The Morgan fingerprint density at radius 3 is 2.55 bits per heavy atom. The second kappa shape index (κ2) is 8.34. The lowest BCUT2D eigenvalue weighted by atomic mass is 9.91. The number of rotatable bonds is 8. The minimum Gasteiger partial charge on any atom is -0.463 e. The minimum absolute atomic E-state index is 0.365. The normalized spacial score (nSPS) is 13.2. The van der Waals surface area contributed by atoms with Crippen LogP contribution in [0.3, 0.4) is 0 Å². The fourth-order valence-electron chi connectivity index (χ4n) is 2.10. The maximum absolute atomic E-state index is 11.8. The summed E-state index contributed by atoms with van der Waals surface area (Å²) in [6, 6.07) is 9.82. The van der Waals surface area contributed by atoms with E-state index in [0.717, 1.165) is 12.0 Å². The van der Waals surface area contributed by atoms with E-state index in [9.17, 15) is 4.79 Å². The molecule has 0 N–H and O–H groups in total. The Hall–Kier alpha value is -1.86. The van der Waals surface area contributed by atoms with Crippen molar-refractivity contribution in [3.05, 3.63) is 47.3 Å². The van der Waals surface area contributed by atoms with Crippen LogP contribution >= 0.6 is 0 Å². The van der Waals surface area contributed by atoms with Crippen molar-refractivity contribution in [1.29, 1.82) is 0 Å². The number of carbonyl (C=O) groups is 1. The third-order valence-electron chi connectivity index (χ3n) is 3.21. The number of benzene rings is 1. The Morgan fingerprint density at radius 2 is 2.00 bits per heavy atom. The van der Waals surface area contributed by atoms with Crippen LogP contribution in [0.4, 0.5) is 0 Å². The molecule has 0 bridgehead atoms. The van der Waals surface area contributed by atoms with E-state index in [1.165, 1.54) is 7.11 Å². The highest BCUT2D eigenvalue weighted by Gasteiger charge is 2.45. The van der Waals surface area contributed by atoms with Crippen LogP contribution in [0.2, 0.25) is 0 Å². The molecule has 4 heteroatoms. The van der Waals surface area contributed by atoms with Gasteiger partial charge in [-0.05, 0) is 12.0 Å². The molecule has 0 fully saturated rings. The quantitative estimate of drug-likeness (QED) is 0.415. The van der Waals surface area contributed by atoms with E-state index in [0.29, 0.717) is 26.1 Å². The number of hydrogen-bond donors (Lipinski definition) is 0. The fraction of sp³-hybridized carbons (Fsp3) is 0.500. The van der Waals surface area contributed by atoms with E-state index in [2.05, 4.69) is 4.85 Å². The van der Waals surface area contributed by atoms with Crippen molar-refractivity contribution >= 4 is 5.97 Å². The van der Waals surface area contributed by atoms with E-state index in [-0.39, 0.29) is 0 Å². The molecule has 0 saturated carbocycles. The lowest BCUT2D eigenvalue weighted by molar-refractivity contribution is -0.146. The molecule has 1 rings (SSSR count). The predicted molar refractivity (Wildman–Crippen MR) is 77.0 cm³/mol.